The highest BCUT2D eigenvalue weighted by molar-refractivity contribution is 7.64. The maximum Gasteiger partial charge on any atom is 0.479 e. The second-order valence-electron chi connectivity index (χ2n) is 3.52. The Labute approximate surface area is 111 Å². The summed E-state index contributed by atoms with van der Waals surface area (Å²) < 4.78 is 41.0. The first-order valence-corrected chi connectivity index (χ1v) is 8.45. The molecule has 2 unspecified atom stereocenters. The third-order valence-electron chi connectivity index (χ3n) is 1.89. The molecule has 0 aromatic carbocycles. The first-order chi connectivity index (χ1) is 8.66. The Bertz CT molecular complexity index is 418. The summed E-state index contributed by atoms with van der Waals surface area (Å²) in [6.07, 6.45) is -0.0608. The van der Waals surface area contributed by atoms with Crippen LogP contribution in [0.4, 0.5) is 0 Å². The average molecular weight is 316 g/mol. The number of carbonyl (C=O) groups is 1. The van der Waals surface area contributed by atoms with Crippen molar-refractivity contribution in [3.63, 3.8) is 0 Å². The molecular formula is C9H18O8P2. The predicted molar refractivity (Wildman–Crippen MR) is 67.8 cm³/mol. The minimum atomic E-state index is -4.40. The van der Waals surface area contributed by atoms with E-state index in [-0.39, 0.29) is 24.8 Å². The van der Waals surface area contributed by atoms with Crippen LogP contribution in [0.2, 0.25) is 0 Å². The van der Waals surface area contributed by atoms with Crippen molar-refractivity contribution in [3.05, 3.63) is 12.2 Å². The number of ether oxygens (including phenoxy) is 1. The fraction of sp³-hybridized carbons (Fsp3) is 0.667. The lowest BCUT2D eigenvalue weighted by molar-refractivity contribution is -0.138. The molecule has 0 fully saturated rings. The number of phosphoric acid groups is 1. The van der Waals surface area contributed by atoms with E-state index in [9.17, 15) is 13.9 Å². The molecule has 1 N–H and O–H groups in total. The van der Waals surface area contributed by atoms with E-state index in [1.807, 2.05) is 0 Å². The van der Waals surface area contributed by atoms with Gasteiger partial charge in [0.2, 0.25) is 0 Å². The maximum absolute atomic E-state index is 11.9. The summed E-state index contributed by atoms with van der Waals surface area (Å²) in [7, 11) is -6.16. The van der Waals surface area contributed by atoms with E-state index in [0.717, 1.165) is 14.2 Å². The molecule has 0 heterocycles. The predicted octanol–water partition coefficient (Wildman–Crippen LogP) is 2.10. The van der Waals surface area contributed by atoms with Crippen LogP contribution < -0.4 is 0 Å². The number of carbonyl (C=O) groups excluding carboxylic acids is 1. The van der Waals surface area contributed by atoms with E-state index in [1.54, 1.807) is 0 Å². The smallest absolute Gasteiger partial charge is 0.462 e. The molecule has 0 spiro atoms. The van der Waals surface area contributed by atoms with Crippen molar-refractivity contribution in [1.29, 1.82) is 0 Å². The summed E-state index contributed by atoms with van der Waals surface area (Å²) in [5.74, 6) is -0.571. The largest absolute Gasteiger partial charge is 0.479 e. The molecule has 10 heteroatoms. The van der Waals surface area contributed by atoms with Crippen LogP contribution in [0.3, 0.4) is 0 Å². The van der Waals surface area contributed by atoms with Gasteiger partial charge in [-0.05, 0) is 13.3 Å². The summed E-state index contributed by atoms with van der Waals surface area (Å²) in [5.41, 5.74) is 0.241. The number of hydrogen-bond acceptors (Lipinski definition) is 7. The number of hydrogen-bond donors (Lipinski definition) is 1. The van der Waals surface area contributed by atoms with Gasteiger partial charge in [-0.3, -0.25) is 9.09 Å². The lowest BCUT2D eigenvalue weighted by atomic mass is 10.4. The SMILES string of the molecule is C=C(C)C(=O)OCCCP(=O)(OC)OP(=O)(O)OC. The summed E-state index contributed by atoms with van der Waals surface area (Å²) in [4.78, 5) is 20.1. The van der Waals surface area contributed by atoms with Gasteiger partial charge in [0.1, 0.15) is 0 Å². The summed E-state index contributed by atoms with van der Waals surface area (Å²) in [6, 6.07) is 0. The van der Waals surface area contributed by atoms with Gasteiger partial charge in [0.25, 0.3) is 0 Å². The lowest BCUT2D eigenvalue weighted by Crippen LogP contribution is -2.08. The second kappa shape index (κ2) is 7.94. The minimum absolute atomic E-state index is 0.0366. The van der Waals surface area contributed by atoms with Crippen LogP contribution >= 0.6 is 15.4 Å². The van der Waals surface area contributed by atoms with Gasteiger partial charge in [0.05, 0.1) is 12.8 Å². The fourth-order valence-electron chi connectivity index (χ4n) is 0.902. The van der Waals surface area contributed by atoms with Crippen molar-refractivity contribution < 1.29 is 36.9 Å². The van der Waals surface area contributed by atoms with E-state index in [2.05, 4.69) is 19.9 Å². The van der Waals surface area contributed by atoms with Crippen molar-refractivity contribution in [2.24, 2.45) is 0 Å². The normalized spacial score (nSPS) is 17.3. The Hall–Kier alpha value is -0.490. The van der Waals surface area contributed by atoms with Crippen LogP contribution in [-0.4, -0.2) is 37.9 Å². The Morgan fingerprint density at radius 2 is 1.84 bits per heavy atom. The summed E-state index contributed by atoms with van der Waals surface area (Å²) in [5, 5.41) is 0. The molecule has 0 bridgehead atoms. The highest BCUT2D eigenvalue weighted by atomic mass is 31.3. The zero-order valence-electron chi connectivity index (χ0n) is 11.0. The van der Waals surface area contributed by atoms with Crippen molar-refractivity contribution >= 4 is 21.4 Å². The molecule has 0 aliphatic heterocycles. The maximum atomic E-state index is 11.9. The summed E-state index contributed by atoms with van der Waals surface area (Å²) in [6.45, 7) is 4.85. The molecule has 0 aromatic rings. The highest BCUT2D eigenvalue weighted by Crippen LogP contribution is 2.62. The lowest BCUT2D eigenvalue weighted by Gasteiger charge is -2.18. The number of rotatable bonds is 9. The molecule has 8 nitrogen and oxygen atoms in total. The van der Waals surface area contributed by atoms with Crippen LogP contribution in [0.1, 0.15) is 13.3 Å². The molecule has 0 saturated heterocycles. The molecule has 0 rings (SSSR count). The fourth-order valence-corrected chi connectivity index (χ4v) is 3.72. The van der Waals surface area contributed by atoms with Crippen LogP contribution in [0.5, 0.6) is 0 Å². The molecule has 0 aliphatic rings. The van der Waals surface area contributed by atoms with Gasteiger partial charge in [-0.25, -0.2) is 13.7 Å². The van der Waals surface area contributed by atoms with Gasteiger partial charge < -0.3 is 14.2 Å². The van der Waals surface area contributed by atoms with E-state index in [4.69, 9.17) is 9.63 Å². The first kappa shape index (κ1) is 18.5. The van der Waals surface area contributed by atoms with E-state index in [1.165, 1.54) is 6.92 Å². The third-order valence-corrected chi connectivity index (χ3v) is 5.60. The molecule has 2 atom stereocenters. The molecular weight excluding hydrogens is 298 g/mol. The second-order valence-corrected chi connectivity index (χ2v) is 7.51. The summed E-state index contributed by atoms with van der Waals surface area (Å²) >= 11 is 0. The zero-order valence-corrected chi connectivity index (χ0v) is 12.8. The monoisotopic (exact) mass is 316 g/mol. The highest BCUT2D eigenvalue weighted by Gasteiger charge is 2.34. The topological polar surface area (TPSA) is 108 Å². The van der Waals surface area contributed by atoms with Gasteiger partial charge in [-0.15, -0.1) is 0 Å². The quantitative estimate of drug-likeness (QED) is 0.298. The molecule has 0 amide bonds. The van der Waals surface area contributed by atoms with Crippen molar-refractivity contribution in [3.8, 4) is 0 Å². The molecule has 0 aliphatic carbocycles. The van der Waals surface area contributed by atoms with E-state index in [0.29, 0.717) is 0 Å². The van der Waals surface area contributed by atoms with Crippen molar-refractivity contribution in [2.75, 3.05) is 27.0 Å². The molecule has 19 heavy (non-hydrogen) atoms. The van der Waals surface area contributed by atoms with Gasteiger partial charge in [0.15, 0.2) is 0 Å². The van der Waals surface area contributed by atoms with Gasteiger partial charge in [-0.1, -0.05) is 6.58 Å². The van der Waals surface area contributed by atoms with Gasteiger partial charge >= 0.3 is 21.4 Å². The van der Waals surface area contributed by atoms with Crippen LogP contribution in [0.25, 0.3) is 0 Å². The Kier molecular flexibility index (Phi) is 7.74. The van der Waals surface area contributed by atoms with Crippen LogP contribution in [0, 0.1) is 0 Å². The standard InChI is InChI=1S/C9H18O8P2/c1-8(2)9(10)16-6-5-7-18(11,14-3)17-19(12,13)15-4/h1,5-7H2,2-4H3,(H,12,13). The van der Waals surface area contributed by atoms with E-state index < -0.39 is 21.4 Å². The van der Waals surface area contributed by atoms with Crippen molar-refractivity contribution in [1.82, 2.24) is 0 Å². The zero-order chi connectivity index (χ0) is 15.1. The molecule has 112 valence electrons. The van der Waals surface area contributed by atoms with Crippen LogP contribution in [0.15, 0.2) is 12.2 Å². The number of esters is 1. The van der Waals surface area contributed by atoms with Crippen LogP contribution in [-0.2, 0) is 32.0 Å². The minimum Gasteiger partial charge on any atom is -0.462 e. The molecule has 0 saturated carbocycles. The third kappa shape index (κ3) is 7.62. The molecule has 0 radical (unpaired) electrons. The Balaban J connectivity index is 4.27. The number of phosphoric ester groups is 1. The van der Waals surface area contributed by atoms with E-state index >= 15 is 0 Å². The average Bonchev–Trinajstić information content (AvgIpc) is 2.33. The molecule has 0 aromatic heterocycles. The van der Waals surface area contributed by atoms with Crippen molar-refractivity contribution in [2.45, 2.75) is 13.3 Å². The van der Waals surface area contributed by atoms with Gasteiger partial charge in [0, 0.05) is 19.8 Å². The van der Waals surface area contributed by atoms with Gasteiger partial charge in [-0.2, -0.15) is 0 Å². The Morgan fingerprint density at radius 1 is 1.26 bits per heavy atom. The Morgan fingerprint density at radius 3 is 2.26 bits per heavy atom. The first-order valence-electron chi connectivity index (χ1n) is 5.23.